The second-order valence-corrected chi connectivity index (χ2v) is 9.69. The molecule has 1 aromatic heterocycles. The lowest BCUT2D eigenvalue weighted by Gasteiger charge is -2.04. The molecule has 0 bridgehead atoms. The number of carbonyl (C=O) groups is 1. The molecular weight excluding hydrogens is 392 g/mol. The number of thiazole rings is 1. The molecule has 4 aromatic rings. The normalized spacial score (nSPS) is 12.7. The molecule has 4 rings (SSSR count). The number of hydrogen-bond acceptors (Lipinski definition) is 4. The number of rotatable bonds is 3. The number of aryl methyl sites for hydroxylation is 1. The minimum Gasteiger partial charge on any atom is -0.319 e. The summed E-state index contributed by atoms with van der Waals surface area (Å²) in [7, 11) is -1.46. The van der Waals surface area contributed by atoms with Crippen LogP contribution in [0.3, 0.4) is 0 Å². The molecule has 0 saturated carbocycles. The van der Waals surface area contributed by atoms with Crippen LogP contribution in [0.5, 0.6) is 0 Å². The molecule has 3 aromatic carbocycles. The van der Waals surface area contributed by atoms with Crippen molar-refractivity contribution in [1.82, 2.24) is 4.57 Å². The highest BCUT2D eigenvalue weighted by atomic mass is 32.2. The topological polar surface area (TPSA) is 68.5 Å². The lowest BCUT2D eigenvalue weighted by atomic mass is 10.0. The molecule has 28 heavy (non-hydrogen) atoms. The summed E-state index contributed by atoms with van der Waals surface area (Å²) in [5.41, 5.74) is 1.78. The Kier molecular flexibility index (Phi) is 4.64. The van der Waals surface area contributed by atoms with Crippen LogP contribution in [0.25, 0.3) is 21.0 Å². The molecular formula is C21H18N2O3S2. The van der Waals surface area contributed by atoms with E-state index in [-0.39, 0.29) is 17.2 Å². The number of sulfone groups is 1. The first-order chi connectivity index (χ1) is 13.3. The Morgan fingerprint density at radius 2 is 1.82 bits per heavy atom. The fourth-order valence-electron chi connectivity index (χ4n) is 3.21. The van der Waals surface area contributed by atoms with Gasteiger partial charge in [0.2, 0.25) is 0 Å². The molecule has 0 aliphatic carbocycles. The van der Waals surface area contributed by atoms with Crippen molar-refractivity contribution >= 4 is 48.1 Å². The van der Waals surface area contributed by atoms with E-state index < -0.39 is 9.84 Å². The van der Waals surface area contributed by atoms with Gasteiger partial charge in [0.15, 0.2) is 14.6 Å². The third-order valence-corrected chi connectivity index (χ3v) is 6.86. The first-order valence-corrected chi connectivity index (χ1v) is 11.4. The standard InChI is InChI=1S/C21H18N2O3S2/c1-23-18-11-10-16(28(2,25)26)13-19(18)27-21(23)22-20(24)12-15-8-5-7-14-6-3-4-9-17(14)15/h3-11,13H,12H2,1-2H3. The first-order valence-electron chi connectivity index (χ1n) is 8.67. The molecule has 0 aliphatic rings. The van der Waals surface area contributed by atoms with Crippen molar-refractivity contribution in [2.24, 2.45) is 12.0 Å². The summed E-state index contributed by atoms with van der Waals surface area (Å²) in [5.74, 6) is -0.234. The number of hydrogen-bond donors (Lipinski definition) is 0. The molecule has 1 heterocycles. The van der Waals surface area contributed by atoms with E-state index in [1.807, 2.05) is 54.1 Å². The van der Waals surface area contributed by atoms with Gasteiger partial charge in [-0.05, 0) is 34.5 Å². The van der Waals surface area contributed by atoms with Gasteiger partial charge < -0.3 is 4.57 Å². The van der Waals surface area contributed by atoms with Crippen LogP contribution in [0.2, 0.25) is 0 Å². The molecule has 0 atom stereocenters. The molecule has 0 N–H and O–H groups in total. The second-order valence-electron chi connectivity index (χ2n) is 6.67. The lowest BCUT2D eigenvalue weighted by Crippen LogP contribution is -2.14. The molecule has 0 radical (unpaired) electrons. The Labute approximate surface area is 166 Å². The van der Waals surface area contributed by atoms with Crippen molar-refractivity contribution in [2.75, 3.05) is 6.26 Å². The van der Waals surface area contributed by atoms with E-state index in [1.165, 1.54) is 17.6 Å². The van der Waals surface area contributed by atoms with E-state index in [4.69, 9.17) is 0 Å². The Bertz CT molecular complexity index is 1390. The largest absolute Gasteiger partial charge is 0.319 e. The number of amides is 1. The van der Waals surface area contributed by atoms with Crippen molar-refractivity contribution in [2.45, 2.75) is 11.3 Å². The van der Waals surface area contributed by atoms with E-state index in [0.29, 0.717) is 4.80 Å². The molecule has 142 valence electrons. The molecule has 5 nitrogen and oxygen atoms in total. The molecule has 7 heteroatoms. The van der Waals surface area contributed by atoms with Crippen LogP contribution in [0.15, 0.2) is 70.6 Å². The highest BCUT2D eigenvalue weighted by molar-refractivity contribution is 7.90. The van der Waals surface area contributed by atoms with Gasteiger partial charge in [0.05, 0.1) is 21.5 Å². The Hall–Kier alpha value is -2.77. The predicted molar refractivity (Wildman–Crippen MR) is 112 cm³/mol. The number of fused-ring (bicyclic) bond motifs is 2. The molecule has 0 spiro atoms. The summed E-state index contributed by atoms with van der Waals surface area (Å²) >= 11 is 1.31. The zero-order valence-electron chi connectivity index (χ0n) is 15.4. The van der Waals surface area contributed by atoms with Crippen molar-refractivity contribution in [3.05, 3.63) is 71.0 Å². The van der Waals surface area contributed by atoms with Gasteiger partial charge in [0.25, 0.3) is 5.91 Å². The number of nitrogens with zero attached hydrogens (tertiary/aromatic N) is 2. The maximum Gasteiger partial charge on any atom is 0.252 e. The summed E-state index contributed by atoms with van der Waals surface area (Å²) in [6.07, 6.45) is 1.39. The van der Waals surface area contributed by atoms with Gasteiger partial charge in [-0.2, -0.15) is 4.99 Å². The summed E-state index contributed by atoms with van der Waals surface area (Å²) in [6.45, 7) is 0. The summed E-state index contributed by atoms with van der Waals surface area (Å²) < 4.78 is 26.1. The quantitative estimate of drug-likeness (QED) is 0.519. The Balaban J connectivity index is 1.73. The second kappa shape index (κ2) is 7.00. The first kappa shape index (κ1) is 18.6. The van der Waals surface area contributed by atoms with E-state index in [9.17, 15) is 13.2 Å². The maximum absolute atomic E-state index is 12.6. The summed E-state index contributed by atoms with van der Waals surface area (Å²) in [4.78, 5) is 17.7. The van der Waals surface area contributed by atoms with Gasteiger partial charge in [-0.15, -0.1) is 0 Å². The third-order valence-electron chi connectivity index (χ3n) is 4.65. The van der Waals surface area contributed by atoms with Crippen LogP contribution in [0.1, 0.15) is 5.56 Å². The molecule has 1 amide bonds. The Morgan fingerprint density at radius 3 is 2.61 bits per heavy atom. The fraction of sp³-hybridized carbons (Fsp3) is 0.143. The predicted octanol–water partition coefficient (Wildman–Crippen LogP) is 3.47. The third kappa shape index (κ3) is 3.50. The van der Waals surface area contributed by atoms with Crippen LogP contribution < -0.4 is 4.80 Å². The number of benzene rings is 3. The van der Waals surface area contributed by atoms with Crippen LogP contribution >= 0.6 is 11.3 Å². The highest BCUT2D eigenvalue weighted by Crippen LogP contribution is 2.22. The smallest absolute Gasteiger partial charge is 0.252 e. The molecule has 0 aliphatic heterocycles. The summed E-state index contributed by atoms with van der Waals surface area (Å²) in [5, 5.41) is 2.14. The van der Waals surface area contributed by atoms with Crippen molar-refractivity contribution in [3.63, 3.8) is 0 Å². The van der Waals surface area contributed by atoms with Gasteiger partial charge in [-0.25, -0.2) is 8.42 Å². The number of aromatic nitrogens is 1. The lowest BCUT2D eigenvalue weighted by molar-refractivity contribution is -0.117. The van der Waals surface area contributed by atoms with Crippen molar-refractivity contribution in [3.8, 4) is 0 Å². The highest BCUT2D eigenvalue weighted by Gasteiger charge is 2.12. The van der Waals surface area contributed by atoms with Crippen molar-refractivity contribution < 1.29 is 13.2 Å². The maximum atomic E-state index is 12.6. The Morgan fingerprint density at radius 1 is 1.07 bits per heavy atom. The zero-order valence-corrected chi connectivity index (χ0v) is 17.0. The summed E-state index contributed by atoms with van der Waals surface area (Å²) in [6, 6.07) is 18.8. The van der Waals surface area contributed by atoms with Gasteiger partial charge in [0, 0.05) is 13.3 Å². The molecule has 0 unspecified atom stereocenters. The monoisotopic (exact) mass is 410 g/mol. The zero-order chi connectivity index (χ0) is 19.9. The van der Waals surface area contributed by atoms with Crippen LogP contribution in [-0.2, 0) is 28.1 Å². The average molecular weight is 411 g/mol. The minimum absolute atomic E-state index is 0.212. The van der Waals surface area contributed by atoms with E-state index in [2.05, 4.69) is 4.99 Å². The van der Waals surface area contributed by atoms with Gasteiger partial charge in [-0.1, -0.05) is 53.8 Å². The van der Waals surface area contributed by atoms with Crippen LogP contribution in [0.4, 0.5) is 0 Å². The fourth-order valence-corrected chi connectivity index (χ4v) is 5.00. The van der Waals surface area contributed by atoms with Gasteiger partial charge >= 0.3 is 0 Å². The minimum atomic E-state index is -3.28. The molecule has 0 fully saturated rings. The average Bonchev–Trinajstić information content (AvgIpc) is 2.96. The van der Waals surface area contributed by atoms with E-state index in [0.717, 1.165) is 26.6 Å². The van der Waals surface area contributed by atoms with E-state index >= 15 is 0 Å². The SMILES string of the molecule is Cn1c(=NC(=O)Cc2cccc3ccccc23)sc2cc(S(C)(=O)=O)ccc21. The van der Waals surface area contributed by atoms with Crippen molar-refractivity contribution in [1.29, 1.82) is 0 Å². The van der Waals surface area contributed by atoms with Gasteiger partial charge in [0.1, 0.15) is 0 Å². The van der Waals surface area contributed by atoms with Crippen LogP contribution in [-0.4, -0.2) is 25.1 Å². The van der Waals surface area contributed by atoms with Gasteiger partial charge in [-0.3, -0.25) is 4.79 Å². The number of carbonyl (C=O) groups excluding carboxylic acids is 1. The molecule has 0 saturated heterocycles. The van der Waals surface area contributed by atoms with E-state index in [1.54, 1.807) is 18.2 Å². The van der Waals surface area contributed by atoms with Crippen LogP contribution in [0, 0.1) is 0 Å².